The van der Waals surface area contributed by atoms with Crippen LogP contribution in [0.15, 0.2) is 54.4 Å². The smallest absolute Gasteiger partial charge is 0.258 e. The zero-order chi connectivity index (χ0) is 15.7. The molecule has 0 aromatic heterocycles. The van der Waals surface area contributed by atoms with Crippen LogP contribution in [0.25, 0.3) is 0 Å². The molecule has 0 saturated carbocycles. The number of benzene rings is 2. The molecule has 0 bridgehead atoms. The van der Waals surface area contributed by atoms with E-state index in [4.69, 9.17) is 23.2 Å². The normalized spacial score (nSPS) is 15.0. The third-order valence-corrected chi connectivity index (χ3v) is 3.71. The SMILES string of the molecule is O=C(/C=C1/NC(=O)c2ccccc2N1)c1ccc(Cl)cc1Cl. The number of hydrogen-bond acceptors (Lipinski definition) is 3. The first kappa shape index (κ1) is 14.6. The molecule has 0 aliphatic carbocycles. The number of fused-ring (bicyclic) bond motifs is 1. The summed E-state index contributed by atoms with van der Waals surface area (Å²) in [7, 11) is 0. The highest BCUT2D eigenvalue weighted by Crippen LogP contribution is 2.24. The summed E-state index contributed by atoms with van der Waals surface area (Å²) in [6.07, 6.45) is 1.29. The van der Waals surface area contributed by atoms with E-state index in [1.165, 1.54) is 12.1 Å². The predicted molar refractivity (Wildman–Crippen MR) is 86.4 cm³/mol. The van der Waals surface area contributed by atoms with E-state index >= 15 is 0 Å². The molecule has 2 N–H and O–H groups in total. The number of anilines is 1. The summed E-state index contributed by atoms with van der Waals surface area (Å²) in [5.41, 5.74) is 1.48. The third kappa shape index (κ3) is 2.84. The Morgan fingerprint density at radius 1 is 1.05 bits per heavy atom. The molecule has 0 radical (unpaired) electrons. The van der Waals surface area contributed by atoms with Crippen LogP contribution < -0.4 is 10.6 Å². The fourth-order valence-electron chi connectivity index (χ4n) is 2.13. The first-order chi connectivity index (χ1) is 10.5. The van der Waals surface area contributed by atoms with Gasteiger partial charge in [0, 0.05) is 16.7 Å². The Balaban J connectivity index is 1.90. The molecule has 2 aromatic carbocycles. The average molecular weight is 333 g/mol. The van der Waals surface area contributed by atoms with Crippen molar-refractivity contribution in [1.29, 1.82) is 0 Å². The molecule has 1 amide bonds. The number of ketones is 1. The van der Waals surface area contributed by atoms with Crippen molar-refractivity contribution in [3.63, 3.8) is 0 Å². The van der Waals surface area contributed by atoms with Gasteiger partial charge < -0.3 is 10.6 Å². The maximum Gasteiger partial charge on any atom is 0.258 e. The lowest BCUT2D eigenvalue weighted by atomic mass is 10.1. The molecule has 0 fully saturated rings. The van der Waals surface area contributed by atoms with E-state index < -0.39 is 0 Å². The molecule has 0 spiro atoms. The molecular weight excluding hydrogens is 323 g/mol. The van der Waals surface area contributed by atoms with Gasteiger partial charge in [0.15, 0.2) is 5.78 Å². The molecule has 0 saturated heterocycles. The zero-order valence-corrected chi connectivity index (χ0v) is 12.7. The second kappa shape index (κ2) is 5.83. The molecule has 22 heavy (non-hydrogen) atoms. The van der Waals surface area contributed by atoms with Crippen LogP contribution >= 0.6 is 23.2 Å². The minimum atomic E-state index is -0.330. The fraction of sp³-hybridized carbons (Fsp3) is 0. The molecule has 4 nitrogen and oxygen atoms in total. The number of rotatable bonds is 2. The molecule has 1 aliphatic heterocycles. The molecule has 110 valence electrons. The van der Waals surface area contributed by atoms with E-state index in [1.807, 2.05) is 0 Å². The van der Waals surface area contributed by atoms with Crippen LogP contribution in [0, 0.1) is 0 Å². The summed E-state index contributed by atoms with van der Waals surface area (Å²) < 4.78 is 0. The molecule has 0 atom stereocenters. The van der Waals surface area contributed by atoms with Crippen LogP contribution in [-0.2, 0) is 0 Å². The molecular formula is C16H10Cl2N2O2. The standard InChI is InChI=1S/C16H10Cl2N2O2/c17-9-5-6-10(12(18)7-9)14(21)8-15-19-13-4-2-1-3-11(13)16(22)20-15/h1-8,19H,(H,20,22)/b15-8+. The van der Waals surface area contributed by atoms with E-state index in [-0.39, 0.29) is 16.7 Å². The maximum absolute atomic E-state index is 12.3. The lowest BCUT2D eigenvalue weighted by Gasteiger charge is -2.20. The Bertz CT molecular complexity index is 816. The number of hydrogen-bond donors (Lipinski definition) is 2. The van der Waals surface area contributed by atoms with Crippen molar-refractivity contribution in [3.8, 4) is 0 Å². The van der Waals surface area contributed by atoms with Crippen LogP contribution in [0.3, 0.4) is 0 Å². The Labute approximate surface area is 136 Å². The van der Waals surface area contributed by atoms with Crippen molar-refractivity contribution in [3.05, 3.63) is 75.5 Å². The molecule has 1 aliphatic rings. The monoisotopic (exact) mass is 332 g/mol. The Hall–Kier alpha value is -2.30. The number of carbonyl (C=O) groups is 2. The van der Waals surface area contributed by atoms with Crippen LogP contribution in [0.1, 0.15) is 20.7 Å². The van der Waals surface area contributed by atoms with Crippen molar-refractivity contribution < 1.29 is 9.59 Å². The number of para-hydroxylation sites is 1. The number of nitrogens with one attached hydrogen (secondary N) is 2. The molecule has 3 rings (SSSR count). The zero-order valence-electron chi connectivity index (χ0n) is 11.2. The topological polar surface area (TPSA) is 58.2 Å². The highest BCUT2D eigenvalue weighted by atomic mass is 35.5. The summed E-state index contributed by atoms with van der Waals surface area (Å²) >= 11 is 11.8. The van der Waals surface area contributed by atoms with Crippen LogP contribution in [0.2, 0.25) is 10.0 Å². The second-order valence-corrected chi connectivity index (χ2v) is 5.51. The van der Waals surface area contributed by atoms with Gasteiger partial charge in [-0.1, -0.05) is 35.3 Å². The highest BCUT2D eigenvalue weighted by Gasteiger charge is 2.20. The lowest BCUT2D eigenvalue weighted by Crippen LogP contribution is -2.33. The van der Waals surface area contributed by atoms with Gasteiger partial charge in [0.2, 0.25) is 0 Å². The van der Waals surface area contributed by atoms with Crippen molar-refractivity contribution in [2.24, 2.45) is 0 Å². The molecule has 2 aromatic rings. The minimum absolute atomic E-state index is 0.261. The molecule has 0 unspecified atom stereocenters. The van der Waals surface area contributed by atoms with E-state index in [2.05, 4.69) is 10.6 Å². The van der Waals surface area contributed by atoms with Crippen molar-refractivity contribution in [2.75, 3.05) is 5.32 Å². The van der Waals surface area contributed by atoms with Gasteiger partial charge in [0.05, 0.1) is 16.3 Å². The molecule has 1 heterocycles. The quantitative estimate of drug-likeness (QED) is 0.648. The van der Waals surface area contributed by atoms with Gasteiger partial charge in [0.25, 0.3) is 5.91 Å². The lowest BCUT2D eigenvalue weighted by molar-refractivity contribution is 0.0963. The third-order valence-electron chi connectivity index (χ3n) is 3.16. The van der Waals surface area contributed by atoms with E-state index in [9.17, 15) is 9.59 Å². The van der Waals surface area contributed by atoms with Crippen LogP contribution in [0.4, 0.5) is 5.69 Å². The van der Waals surface area contributed by atoms with E-state index in [0.29, 0.717) is 27.7 Å². The Morgan fingerprint density at radius 2 is 1.82 bits per heavy atom. The highest BCUT2D eigenvalue weighted by molar-refractivity contribution is 6.37. The first-order valence-corrected chi connectivity index (χ1v) is 7.18. The van der Waals surface area contributed by atoms with Gasteiger partial charge in [-0.15, -0.1) is 0 Å². The average Bonchev–Trinajstić information content (AvgIpc) is 2.47. The van der Waals surface area contributed by atoms with Crippen LogP contribution in [0.5, 0.6) is 0 Å². The Kier molecular flexibility index (Phi) is 3.88. The summed E-state index contributed by atoms with van der Waals surface area (Å²) in [6, 6.07) is 11.7. The van der Waals surface area contributed by atoms with Gasteiger partial charge in [0.1, 0.15) is 5.82 Å². The van der Waals surface area contributed by atoms with Gasteiger partial charge in [-0.25, -0.2) is 0 Å². The van der Waals surface area contributed by atoms with Gasteiger partial charge >= 0.3 is 0 Å². The number of carbonyl (C=O) groups excluding carboxylic acids is 2. The summed E-state index contributed by atoms with van der Waals surface area (Å²) in [6.45, 7) is 0. The maximum atomic E-state index is 12.3. The van der Waals surface area contributed by atoms with Crippen molar-refractivity contribution in [2.45, 2.75) is 0 Å². The summed E-state index contributed by atoms with van der Waals surface area (Å²) in [4.78, 5) is 24.2. The Morgan fingerprint density at radius 3 is 2.59 bits per heavy atom. The van der Waals surface area contributed by atoms with E-state index in [0.717, 1.165) is 0 Å². The fourth-order valence-corrected chi connectivity index (χ4v) is 2.63. The summed E-state index contributed by atoms with van der Waals surface area (Å²) in [5, 5.41) is 6.34. The molecule has 6 heteroatoms. The van der Waals surface area contributed by atoms with Gasteiger partial charge in [-0.05, 0) is 30.3 Å². The van der Waals surface area contributed by atoms with Crippen molar-refractivity contribution in [1.82, 2.24) is 5.32 Å². The first-order valence-electron chi connectivity index (χ1n) is 6.43. The number of halogens is 2. The summed E-state index contributed by atoms with van der Waals surface area (Å²) in [5.74, 6) is -0.292. The van der Waals surface area contributed by atoms with Gasteiger partial charge in [-0.3, -0.25) is 9.59 Å². The van der Waals surface area contributed by atoms with E-state index in [1.54, 1.807) is 36.4 Å². The minimum Gasteiger partial charge on any atom is -0.341 e. The number of amides is 1. The predicted octanol–water partition coefficient (Wildman–Crippen LogP) is 3.87. The van der Waals surface area contributed by atoms with Gasteiger partial charge in [-0.2, -0.15) is 0 Å². The second-order valence-electron chi connectivity index (χ2n) is 4.67. The largest absolute Gasteiger partial charge is 0.341 e. The van der Waals surface area contributed by atoms with Crippen molar-refractivity contribution >= 4 is 40.6 Å². The van der Waals surface area contributed by atoms with Crippen LogP contribution in [-0.4, -0.2) is 11.7 Å². The number of allylic oxidation sites excluding steroid dienone is 1.